The van der Waals surface area contributed by atoms with Crippen LogP contribution in [0.4, 0.5) is 4.79 Å². The lowest BCUT2D eigenvalue weighted by Crippen LogP contribution is -2.38. The summed E-state index contributed by atoms with van der Waals surface area (Å²) in [6.07, 6.45) is 1.16. The zero-order valence-electron chi connectivity index (χ0n) is 15.8. The van der Waals surface area contributed by atoms with Crippen molar-refractivity contribution >= 4 is 39.2 Å². The molecule has 0 aliphatic carbocycles. The van der Waals surface area contributed by atoms with Crippen molar-refractivity contribution in [2.24, 2.45) is 0 Å². The van der Waals surface area contributed by atoms with E-state index in [9.17, 15) is 13.2 Å². The minimum atomic E-state index is -3.24. The SMILES string of the molecule is CC(NC(=O)NC(C)c1cc2ccccc2o1)c1ccc(S(C)(=O)=O)cc1.Cl. The molecule has 2 N–H and O–H groups in total. The van der Waals surface area contributed by atoms with E-state index in [1.165, 1.54) is 12.1 Å². The number of carbonyl (C=O) groups is 1. The number of para-hydroxylation sites is 1. The average Bonchev–Trinajstić information content (AvgIpc) is 3.05. The molecule has 1 heterocycles. The molecule has 28 heavy (non-hydrogen) atoms. The molecule has 0 radical (unpaired) electrons. The van der Waals surface area contributed by atoms with Crippen LogP contribution in [0.25, 0.3) is 11.0 Å². The number of furan rings is 1. The monoisotopic (exact) mass is 422 g/mol. The molecule has 2 amide bonds. The zero-order chi connectivity index (χ0) is 19.6. The Hall–Kier alpha value is -2.51. The van der Waals surface area contributed by atoms with Gasteiger partial charge in [-0.2, -0.15) is 0 Å². The summed E-state index contributed by atoms with van der Waals surface area (Å²) in [5, 5.41) is 6.69. The van der Waals surface area contributed by atoms with E-state index in [2.05, 4.69) is 10.6 Å². The molecule has 6 nitrogen and oxygen atoms in total. The van der Waals surface area contributed by atoms with E-state index in [4.69, 9.17) is 4.42 Å². The average molecular weight is 423 g/mol. The molecule has 2 unspecified atom stereocenters. The van der Waals surface area contributed by atoms with E-state index in [1.54, 1.807) is 12.1 Å². The maximum Gasteiger partial charge on any atom is 0.315 e. The molecule has 2 aromatic carbocycles. The Labute approximate surface area is 170 Å². The normalized spacial score (nSPS) is 13.4. The first-order valence-electron chi connectivity index (χ1n) is 8.59. The maximum atomic E-state index is 12.3. The lowest BCUT2D eigenvalue weighted by Gasteiger charge is -2.17. The van der Waals surface area contributed by atoms with Gasteiger partial charge in [0.15, 0.2) is 9.84 Å². The van der Waals surface area contributed by atoms with Crippen LogP contribution in [0, 0.1) is 0 Å². The first-order chi connectivity index (χ1) is 12.7. The van der Waals surface area contributed by atoms with E-state index in [0.717, 1.165) is 22.8 Å². The molecule has 1 aromatic heterocycles. The number of halogens is 1. The molecule has 0 aliphatic heterocycles. The largest absolute Gasteiger partial charge is 0.459 e. The third-order valence-electron chi connectivity index (χ3n) is 4.37. The second kappa shape index (κ2) is 8.67. The summed E-state index contributed by atoms with van der Waals surface area (Å²) < 4.78 is 28.8. The highest BCUT2D eigenvalue weighted by Gasteiger charge is 2.16. The molecule has 0 aliphatic rings. The lowest BCUT2D eigenvalue weighted by molar-refractivity contribution is 0.233. The molecule has 0 spiro atoms. The molecule has 0 saturated heterocycles. The van der Waals surface area contributed by atoms with Crippen LogP contribution >= 0.6 is 12.4 Å². The molecule has 3 rings (SSSR count). The van der Waals surface area contributed by atoms with Crippen LogP contribution in [0.2, 0.25) is 0 Å². The quantitative estimate of drug-likeness (QED) is 0.638. The van der Waals surface area contributed by atoms with Gasteiger partial charge in [0.2, 0.25) is 0 Å². The highest BCUT2D eigenvalue weighted by molar-refractivity contribution is 7.90. The molecule has 2 atom stereocenters. The summed E-state index contributed by atoms with van der Waals surface area (Å²) in [5.74, 6) is 0.677. The third-order valence-corrected chi connectivity index (χ3v) is 5.50. The Morgan fingerprint density at radius 1 is 0.964 bits per heavy atom. The summed E-state index contributed by atoms with van der Waals surface area (Å²) in [4.78, 5) is 12.5. The Morgan fingerprint density at radius 3 is 2.18 bits per heavy atom. The van der Waals surface area contributed by atoms with E-state index in [0.29, 0.717) is 5.76 Å². The van der Waals surface area contributed by atoms with Gasteiger partial charge in [0.05, 0.1) is 17.0 Å². The van der Waals surface area contributed by atoms with Crippen LogP contribution in [-0.2, 0) is 9.84 Å². The van der Waals surface area contributed by atoms with E-state index < -0.39 is 9.84 Å². The molecule has 0 saturated carbocycles. The van der Waals surface area contributed by atoms with Crippen LogP contribution in [0.1, 0.15) is 37.3 Å². The van der Waals surface area contributed by atoms with E-state index in [-0.39, 0.29) is 35.4 Å². The molecule has 0 fully saturated rings. The second-order valence-corrected chi connectivity index (χ2v) is 8.60. The molecule has 3 aromatic rings. The van der Waals surface area contributed by atoms with Crippen LogP contribution in [0.5, 0.6) is 0 Å². The van der Waals surface area contributed by atoms with Crippen molar-refractivity contribution in [3.8, 4) is 0 Å². The molecular formula is C20H23ClN2O4S. The summed E-state index contributed by atoms with van der Waals surface area (Å²) in [6.45, 7) is 3.68. The molecular weight excluding hydrogens is 400 g/mol. The maximum absolute atomic E-state index is 12.3. The summed E-state index contributed by atoms with van der Waals surface area (Å²) in [7, 11) is -3.24. The van der Waals surface area contributed by atoms with Crippen molar-refractivity contribution in [3.63, 3.8) is 0 Å². The predicted molar refractivity (Wildman–Crippen MR) is 112 cm³/mol. The van der Waals surface area contributed by atoms with Gasteiger partial charge in [-0.3, -0.25) is 0 Å². The van der Waals surface area contributed by atoms with E-state index in [1.807, 2.05) is 44.2 Å². The summed E-state index contributed by atoms with van der Waals surface area (Å²) in [5.41, 5.74) is 1.59. The number of hydrogen-bond donors (Lipinski definition) is 2. The first kappa shape index (κ1) is 21.8. The van der Waals surface area contributed by atoms with Gasteiger partial charge in [-0.15, -0.1) is 12.4 Å². The van der Waals surface area contributed by atoms with Crippen molar-refractivity contribution in [1.82, 2.24) is 10.6 Å². The van der Waals surface area contributed by atoms with Gasteiger partial charge < -0.3 is 15.1 Å². The number of nitrogens with one attached hydrogen (secondary N) is 2. The number of rotatable bonds is 5. The topological polar surface area (TPSA) is 88.4 Å². The Balaban J connectivity index is 0.00000280. The van der Waals surface area contributed by atoms with Crippen LogP contribution < -0.4 is 10.6 Å². The lowest BCUT2D eigenvalue weighted by atomic mass is 10.1. The van der Waals surface area contributed by atoms with Crippen LogP contribution in [0.15, 0.2) is 63.9 Å². The van der Waals surface area contributed by atoms with Gasteiger partial charge in [0.25, 0.3) is 0 Å². The summed E-state index contributed by atoms with van der Waals surface area (Å²) in [6, 6.07) is 15.2. The van der Waals surface area contributed by atoms with Crippen molar-refractivity contribution in [2.75, 3.05) is 6.26 Å². The van der Waals surface area contributed by atoms with Gasteiger partial charge in [-0.25, -0.2) is 13.2 Å². The van der Waals surface area contributed by atoms with Gasteiger partial charge in [0.1, 0.15) is 11.3 Å². The van der Waals surface area contributed by atoms with Crippen molar-refractivity contribution in [1.29, 1.82) is 0 Å². The Kier molecular flexibility index (Phi) is 6.74. The van der Waals surface area contributed by atoms with Gasteiger partial charge >= 0.3 is 6.03 Å². The van der Waals surface area contributed by atoms with Crippen LogP contribution in [-0.4, -0.2) is 20.7 Å². The number of fused-ring (bicyclic) bond motifs is 1. The van der Waals surface area contributed by atoms with Gasteiger partial charge in [-0.1, -0.05) is 30.3 Å². The number of carbonyl (C=O) groups excluding carboxylic acids is 1. The fourth-order valence-corrected chi connectivity index (χ4v) is 3.44. The third kappa shape index (κ3) is 5.05. The second-order valence-electron chi connectivity index (χ2n) is 6.59. The van der Waals surface area contributed by atoms with Crippen molar-refractivity contribution in [3.05, 3.63) is 65.9 Å². The Bertz CT molecular complexity index is 1030. The number of sulfone groups is 1. The molecule has 150 valence electrons. The summed E-state index contributed by atoms with van der Waals surface area (Å²) >= 11 is 0. The highest BCUT2D eigenvalue weighted by Crippen LogP contribution is 2.23. The fraction of sp³-hybridized carbons (Fsp3) is 0.250. The fourth-order valence-electron chi connectivity index (χ4n) is 2.81. The van der Waals surface area contributed by atoms with Crippen molar-refractivity contribution < 1.29 is 17.6 Å². The minimum Gasteiger partial charge on any atom is -0.459 e. The number of hydrogen-bond acceptors (Lipinski definition) is 4. The smallest absolute Gasteiger partial charge is 0.315 e. The number of benzene rings is 2. The predicted octanol–water partition coefficient (Wildman–Crippen LogP) is 4.38. The zero-order valence-corrected chi connectivity index (χ0v) is 17.4. The number of urea groups is 1. The van der Waals surface area contributed by atoms with Crippen LogP contribution in [0.3, 0.4) is 0 Å². The molecule has 0 bridgehead atoms. The highest BCUT2D eigenvalue weighted by atomic mass is 35.5. The first-order valence-corrected chi connectivity index (χ1v) is 10.5. The standard InChI is InChI=1S/C20H22N2O4S.ClH/c1-13(15-8-10-17(11-9-15)27(3,24)25)21-20(23)22-14(2)19-12-16-6-4-5-7-18(16)26-19;/h4-14H,1-3H3,(H2,21,22,23);1H. The van der Waals surface area contributed by atoms with Crippen molar-refractivity contribution in [2.45, 2.75) is 30.8 Å². The number of amides is 2. The van der Waals surface area contributed by atoms with E-state index >= 15 is 0 Å². The minimum absolute atomic E-state index is 0. The molecule has 8 heteroatoms. The van der Waals surface area contributed by atoms with Gasteiger partial charge in [-0.05, 0) is 43.7 Å². The van der Waals surface area contributed by atoms with Gasteiger partial charge in [0, 0.05) is 11.6 Å². The Morgan fingerprint density at radius 2 is 1.57 bits per heavy atom.